The monoisotopic (exact) mass is 447 g/mol. The predicted octanol–water partition coefficient (Wildman–Crippen LogP) is 5.68. The molecule has 4 aromatic rings. The van der Waals surface area contributed by atoms with Gasteiger partial charge in [0.05, 0.1) is 36.7 Å². The molecule has 0 atom stereocenters. The summed E-state index contributed by atoms with van der Waals surface area (Å²) < 4.78 is 11.8. The topological polar surface area (TPSA) is 64.6 Å². The number of amides is 1. The summed E-state index contributed by atoms with van der Waals surface area (Å²) in [5.41, 5.74) is 3.34. The molecule has 0 saturated heterocycles. The summed E-state index contributed by atoms with van der Waals surface area (Å²) >= 11 is 1.50. The van der Waals surface area contributed by atoms with Crippen molar-refractivity contribution < 1.29 is 14.3 Å². The number of aromatic nitrogens is 2. The lowest BCUT2D eigenvalue weighted by Crippen LogP contribution is -2.30. The van der Waals surface area contributed by atoms with Crippen molar-refractivity contribution in [3.05, 3.63) is 77.6 Å². The normalized spacial score (nSPS) is 11.0. The SMILES string of the molecule is COc1cc(OC)cc(C(=O)N(Cc2ccccn2)c2nc3c(C(C)C)cccc3s2)c1. The minimum Gasteiger partial charge on any atom is -0.497 e. The molecular weight excluding hydrogens is 422 g/mol. The van der Waals surface area contributed by atoms with E-state index in [0.717, 1.165) is 15.9 Å². The number of ether oxygens (including phenoxy) is 2. The number of anilines is 1. The molecule has 0 saturated carbocycles. The van der Waals surface area contributed by atoms with Gasteiger partial charge in [-0.1, -0.05) is 43.4 Å². The summed E-state index contributed by atoms with van der Waals surface area (Å²) in [5.74, 6) is 1.24. The molecule has 0 aliphatic rings. The fraction of sp³-hybridized carbons (Fsp3) is 0.240. The van der Waals surface area contributed by atoms with Gasteiger partial charge in [0.15, 0.2) is 5.13 Å². The van der Waals surface area contributed by atoms with Crippen LogP contribution in [0.15, 0.2) is 60.8 Å². The Balaban J connectivity index is 1.82. The first-order chi connectivity index (χ1) is 15.5. The van der Waals surface area contributed by atoms with E-state index in [-0.39, 0.29) is 5.91 Å². The Morgan fingerprint density at radius 1 is 1.03 bits per heavy atom. The fourth-order valence-corrected chi connectivity index (χ4v) is 4.50. The van der Waals surface area contributed by atoms with E-state index in [2.05, 4.69) is 24.9 Å². The Bertz CT molecular complexity index is 1220. The van der Waals surface area contributed by atoms with Crippen molar-refractivity contribution in [2.75, 3.05) is 19.1 Å². The number of thiazole rings is 1. The van der Waals surface area contributed by atoms with E-state index in [1.165, 1.54) is 16.9 Å². The Morgan fingerprint density at radius 2 is 1.78 bits per heavy atom. The van der Waals surface area contributed by atoms with Crippen LogP contribution in [0.5, 0.6) is 11.5 Å². The van der Waals surface area contributed by atoms with Gasteiger partial charge in [0.25, 0.3) is 5.91 Å². The number of para-hydroxylation sites is 1. The summed E-state index contributed by atoms with van der Waals surface area (Å²) in [7, 11) is 3.13. The van der Waals surface area contributed by atoms with Gasteiger partial charge in [-0.25, -0.2) is 4.98 Å². The predicted molar refractivity (Wildman–Crippen MR) is 128 cm³/mol. The summed E-state index contributed by atoms with van der Waals surface area (Å²) in [5, 5.41) is 0.630. The molecule has 0 N–H and O–H groups in total. The zero-order valence-electron chi connectivity index (χ0n) is 18.5. The van der Waals surface area contributed by atoms with Gasteiger partial charge in [0.2, 0.25) is 0 Å². The molecule has 4 rings (SSSR count). The molecule has 0 aliphatic carbocycles. The van der Waals surface area contributed by atoms with Crippen LogP contribution in [0, 0.1) is 0 Å². The fourth-order valence-electron chi connectivity index (χ4n) is 3.51. The molecule has 32 heavy (non-hydrogen) atoms. The van der Waals surface area contributed by atoms with Crippen molar-refractivity contribution in [1.82, 2.24) is 9.97 Å². The average Bonchev–Trinajstić information content (AvgIpc) is 3.26. The lowest BCUT2D eigenvalue weighted by molar-refractivity contribution is 0.0984. The van der Waals surface area contributed by atoms with Crippen molar-refractivity contribution in [3.63, 3.8) is 0 Å². The van der Waals surface area contributed by atoms with Crippen molar-refractivity contribution in [3.8, 4) is 11.5 Å². The molecule has 1 amide bonds. The van der Waals surface area contributed by atoms with E-state index in [9.17, 15) is 4.79 Å². The Kier molecular flexibility index (Phi) is 6.37. The third-order valence-electron chi connectivity index (χ3n) is 5.18. The van der Waals surface area contributed by atoms with Crippen LogP contribution in [-0.4, -0.2) is 30.1 Å². The van der Waals surface area contributed by atoms with Crippen LogP contribution in [0.4, 0.5) is 5.13 Å². The molecule has 2 aromatic heterocycles. The highest BCUT2D eigenvalue weighted by Gasteiger charge is 2.24. The first kappa shape index (κ1) is 21.8. The Morgan fingerprint density at radius 3 is 2.41 bits per heavy atom. The van der Waals surface area contributed by atoms with Gasteiger partial charge in [0, 0.05) is 17.8 Å². The van der Waals surface area contributed by atoms with Crippen LogP contribution >= 0.6 is 11.3 Å². The summed E-state index contributed by atoms with van der Waals surface area (Å²) in [6, 6.07) is 17.0. The van der Waals surface area contributed by atoms with Crippen LogP contribution in [0.2, 0.25) is 0 Å². The first-order valence-electron chi connectivity index (χ1n) is 10.3. The number of hydrogen-bond donors (Lipinski definition) is 0. The smallest absolute Gasteiger partial charge is 0.260 e. The maximum atomic E-state index is 13.7. The largest absolute Gasteiger partial charge is 0.497 e. The van der Waals surface area contributed by atoms with E-state index in [0.29, 0.717) is 34.7 Å². The molecule has 0 fully saturated rings. The zero-order chi connectivity index (χ0) is 22.7. The quantitative estimate of drug-likeness (QED) is 0.365. The molecule has 0 spiro atoms. The van der Waals surface area contributed by atoms with Gasteiger partial charge in [-0.3, -0.25) is 14.7 Å². The molecular formula is C25H25N3O3S. The molecule has 0 radical (unpaired) electrons. The number of methoxy groups -OCH3 is 2. The number of fused-ring (bicyclic) bond motifs is 1. The highest BCUT2D eigenvalue weighted by Crippen LogP contribution is 2.35. The summed E-state index contributed by atoms with van der Waals surface area (Å²) in [6.07, 6.45) is 1.72. The first-order valence-corrected chi connectivity index (χ1v) is 11.2. The van der Waals surface area contributed by atoms with Gasteiger partial charge in [-0.2, -0.15) is 0 Å². The van der Waals surface area contributed by atoms with E-state index in [4.69, 9.17) is 14.5 Å². The molecule has 0 aliphatic heterocycles. The van der Waals surface area contributed by atoms with Crippen LogP contribution in [0.25, 0.3) is 10.2 Å². The van der Waals surface area contributed by atoms with Crippen molar-refractivity contribution in [2.24, 2.45) is 0 Å². The van der Waals surface area contributed by atoms with Crippen LogP contribution in [0.3, 0.4) is 0 Å². The molecule has 0 unspecified atom stereocenters. The standard InChI is InChI=1S/C25H25N3O3S/c1-16(2)21-9-7-10-22-23(21)27-25(32-22)28(15-18-8-5-6-11-26-18)24(29)17-12-19(30-3)14-20(13-17)31-4/h5-14,16H,15H2,1-4H3. The van der Waals surface area contributed by atoms with Crippen LogP contribution in [0.1, 0.15) is 41.4 Å². The second-order valence-electron chi connectivity index (χ2n) is 7.66. The molecule has 2 heterocycles. The Labute approximate surface area is 191 Å². The summed E-state index contributed by atoms with van der Waals surface area (Å²) in [4.78, 5) is 24.7. The zero-order valence-corrected chi connectivity index (χ0v) is 19.3. The third-order valence-corrected chi connectivity index (χ3v) is 6.23. The van der Waals surface area contributed by atoms with E-state index in [1.807, 2.05) is 30.3 Å². The summed E-state index contributed by atoms with van der Waals surface area (Å²) in [6.45, 7) is 4.59. The number of benzene rings is 2. The number of rotatable bonds is 7. The van der Waals surface area contributed by atoms with E-state index < -0.39 is 0 Å². The van der Waals surface area contributed by atoms with Gasteiger partial charge in [0.1, 0.15) is 11.5 Å². The number of nitrogens with zero attached hydrogens (tertiary/aromatic N) is 3. The van der Waals surface area contributed by atoms with Crippen molar-refractivity contribution in [1.29, 1.82) is 0 Å². The number of carbonyl (C=O) groups is 1. The molecule has 7 heteroatoms. The lowest BCUT2D eigenvalue weighted by atomic mass is 10.0. The molecule has 0 bridgehead atoms. The highest BCUT2D eigenvalue weighted by atomic mass is 32.1. The maximum absolute atomic E-state index is 13.7. The Hall–Kier alpha value is -3.45. The average molecular weight is 448 g/mol. The number of pyridine rings is 1. The van der Waals surface area contributed by atoms with Crippen LogP contribution < -0.4 is 14.4 Å². The molecule has 6 nitrogen and oxygen atoms in total. The lowest BCUT2D eigenvalue weighted by Gasteiger charge is -2.20. The molecule has 164 valence electrons. The van der Waals surface area contributed by atoms with Crippen molar-refractivity contribution in [2.45, 2.75) is 26.3 Å². The number of hydrogen-bond acceptors (Lipinski definition) is 6. The minimum atomic E-state index is -0.196. The van der Waals surface area contributed by atoms with Crippen molar-refractivity contribution >= 4 is 32.6 Å². The van der Waals surface area contributed by atoms with E-state index in [1.54, 1.807) is 43.5 Å². The van der Waals surface area contributed by atoms with E-state index >= 15 is 0 Å². The van der Waals surface area contributed by atoms with Gasteiger partial charge in [-0.05, 0) is 41.8 Å². The van der Waals surface area contributed by atoms with Gasteiger partial charge < -0.3 is 9.47 Å². The highest BCUT2D eigenvalue weighted by molar-refractivity contribution is 7.22. The van der Waals surface area contributed by atoms with Gasteiger partial charge in [-0.15, -0.1) is 0 Å². The maximum Gasteiger partial charge on any atom is 0.260 e. The number of carbonyl (C=O) groups excluding carboxylic acids is 1. The van der Waals surface area contributed by atoms with Crippen LogP contribution in [-0.2, 0) is 6.54 Å². The molecule has 2 aromatic carbocycles. The second-order valence-corrected chi connectivity index (χ2v) is 8.67. The second kappa shape index (κ2) is 9.36. The van der Waals surface area contributed by atoms with Gasteiger partial charge >= 0.3 is 0 Å². The minimum absolute atomic E-state index is 0.196. The third kappa shape index (κ3) is 4.43.